The Bertz CT molecular complexity index is 876. The summed E-state index contributed by atoms with van der Waals surface area (Å²) < 4.78 is 10.5. The van der Waals surface area contributed by atoms with Gasteiger partial charge in [-0.3, -0.25) is 0 Å². The fraction of sp³-hybridized carbons (Fsp3) is 0.476. The van der Waals surface area contributed by atoms with Crippen molar-refractivity contribution in [2.24, 2.45) is 11.8 Å². The highest BCUT2D eigenvalue weighted by Crippen LogP contribution is 2.45. The van der Waals surface area contributed by atoms with Gasteiger partial charge in [0.1, 0.15) is 17.1 Å². The van der Waals surface area contributed by atoms with E-state index >= 15 is 0 Å². The van der Waals surface area contributed by atoms with Gasteiger partial charge in [-0.2, -0.15) is 4.98 Å². The molecule has 1 N–H and O–H groups in total. The van der Waals surface area contributed by atoms with E-state index < -0.39 is 5.97 Å². The molecule has 0 amide bonds. The molecule has 1 saturated heterocycles. The Morgan fingerprint density at radius 1 is 1.32 bits per heavy atom. The molecule has 1 aromatic heterocycles. The van der Waals surface area contributed by atoms with Gasteiger partial charge in [-0.15, -0.1) is 0 Å². The summed E-state index contributed by atoms with van der Waals surface area (Å²) in [7, 11) is 1.66. The maximum atomic E-state index is 12.3. The summed E-state index contributed by atoms with van der Waals surface area (Å²) in [4.78, 5) is 23.6. The Morgan fingerprint density at radius 3 is 2.79 bits per heavy atom. The topological polar surface area (TPSA) is 76.6 Å². The monoisotopic (exact) mass is 382 g/mol. The van der Waals surface area contributed by atoms with Gasteiger partial charge in [-0.1, -0.05) is 12.1 Å². The number of nitrogens with zero attached hydrogens (tertiary/aromatic N) is 3. The van der Waals surface area contributed by atoms with Crippen LogP contribution in [-0.2, 0) is 11.3 Å². The molecule has 2 aliphatic rings. The van der Waals surface area contributed by atoms with E-state index in [0.717, 1.165) is 41.8 Å². The molecule has 0 spiro atoms. The van der Waals surface area contributed by atoms with Gasteiger partial charge in [-0.25, -0.2) is 9.78 Å². The summed E-state index contributed by atoms with van der Waals surface area (Å²) >= 11 is 0. The van der Waals surface area contributed by atoms with Crippen molar-refractivity contribution in [2.75, 3.05) is 37.0 Å². The first kappa shape index (κ1) is 18.5. The van der Waals surface area contributed by atoms with E-state index in [1.54, 1.807) is 20.2 Å². The lowest BCUT2D eigenvalue weighted by Crippen LogP contribution is -2.25. The van der Waals surface area contributed by atoms with Gasteiger partial charge in [0.25, 0.3) is 0 Å². The summed E-state index contributed by atoms with van der Waals surface area (Å²) in [5.74, 6) is 3.20. The minimum Gasteiger partial charge on any atom is -0.496 e. The number of fused-ring (bicyclic) bond motifs is 1. The van der Waals surface area contributed by atoms with Gasteiger partial charge in [0.15, 0.2) is 0 Å². The van der Waals surface area contributed by atoms with E-state index in [1.807, 2.05) is 19.1 Å². The van der Waals surface area contributed by atoms with Gasteiger partial charge >= 0.3 is 5.97 Å². The maximum Gasteiger partial charge on any atom is 0.343 e. The van der Waals surface area contributed by atoms with E-state index in [9.17, 15) is 4.79 Å². The Morgan fingerprint density at radius 2 is 2.11 bits per heavy atom. The second-order valence-corrected chi connectivity index (χ2v) is 7.47. The van der Waals surface area contributed by atoms with Crippen molar-refractivity contribution in [3.63, 3.8) is 0 Å². The number of benzene rings is 1. The van der Waals surface area contributed by atoms with Crippen LogP contribution in [0.5, 0.6) is 5.75 Å². The molecule has 1 saturated carbocycles. The molecule has 2 unspecified atom stereocenters. The molecule has 2 heterocycles. The van der Waals surface area contributed by atoms with Gasteiger partial charge in [0, 0.05) is 25.8 Å². The van der Waals surface area contributed by atoms with Crippen LogP contribution in [0.4, 0.5) is 11.8 Å². The molecule has 1 aromatic carbocycles. The highest BCUT2D eigenvalue weighted by molar-refractivity contribution is 5.94. The first-order chi connectivity index (χ1) is 13.6. The third-order valence-electron chi connectivity index (χ3n) is 5.45. The number of ether oxygens (including phenoxy) is 2. The van der Waals surface area contributed by atoms with Crippen molar-refractivity contribution in [1.29, 1.82) is 0 Å². The molecule has 7 heteroatoms. The van der Waals surface area contributed by atoms with Crippen molar-refractivity contribution in [1.82, 2.24) is 9.97 Å². The SMILES string of the molecule is CCOC(=O)c1cnc(N2CC3CC3C2)nc1NCc1ccc(OC)c(C)c1. The number of carbonyl (C=O) groups is 1. The van der Waals surface area contributed by atoms with Crippen molar-refractivity contribution < 1.29 is 14.3 Å². The van der Waals surface area contributed by atoms with Crippen molar-refractivity contribution in [3.8, 4) is 5.75 Å². The highest BCUT2D eigenvalue weighted by Gasteiger charge is 2.45. The molecule has 0 bridgehead atoms. The number of hydrogen-bond donors (Lipinski definition) is 1. The van der Waals surface area contributed by atoms with Crippen molar-refractivity contribution >= 4 is 17.7 Å². The number of esters is 1. The summed E-state index contributed by atoms with van der Waals surface area (Å²) in [6, 6.07) is 6.01. The normalized spacial score (nSPS) is 19.9. The molecule has 1 aliphatic carbocycles. The van der Waals surface area contributed by atoms with Crippen LogP contribution < -0.4 is 15.0 Å². The minimum absolute atomic E-state index is 0.313. The summed E-state index contributed by atoms with van der Waals surface area (Å²) in [6.45, 7) is 6.65. The van der Waals surface area contributed by atoms with Crippen LogP contribution in [0.3, 0.4) is 0 Å². The number of methoxy groups -OCH3 is 1. The fourth-order valence-corrected chi connectivity index (χ4v) is 3.82. The zero-order chi connectivity index (χ0) is 19.7. The fourth-order valence-electron chi connectivity index (χ4n) is 3.82. The van der Waals surface area contributed by atoms with Crippen LogP contribution in [-0.4, -0.2) is 42.7 Å². The second-order valence-electron chi connectivity index (χ2n) is 7.47. The Labute approximate surface area is 165 Å². The highest BCUT2D eigenvalue weighted by atomic mass is 16.5. The van der Waals surface area contributed by atoms with Crippen molar-refractivity contribution in [2.45, 2.75) is 26.8 Å². The van der Waals surface area contributed by atoms with E-state index in [1.165, 1.54) is 6.42 Å². The number of aryl methyl sites for hydroxylation is 1. The maximum absolute atomic E-state index is 12.3. The molecule has 2 fully saturated rings. The molecular weight excluding hydrogens is 356 g/mol. The quantitative estimate of drug-likeness (QED) is 0.738. The number of rotatable bonds is 7. The first-order valence-corrected chi connectivity index (χ1v) is 9.75. The number of carbonyl (C=O) groups excluding carboxylic acids is 1. The van der Waals surface area contributed by atoms with Gasteiger partial charge in [-0.05, 0) is 49.3 Å². The van der Waals surface area contributed by atoms with E-state index in [2.05, 4.69) is 26.3 Å². The lowest BCUT2D eigenvalue weighted by Gasteiger charge is -2.19. The molecule has 28 heavy (non-hydrogen) atoms. The zero-order valence-electron chi connectivity index (χ0n) is 16.6. The average Bonchev–Trinajstić information content (AvgIpc) is 3.31. The third-order valence-corrected chi connectivity index (χ3v) is 5.45. The molecule has 0 radical (unpaired) electrons. The van der Waals surface area contributed by atoms with Gasteiger partial charge < -0.3 is 19.7 Å². The number of hydrogen-bond acceptors (Lipinski definition) is 7. The molecule has 148 valence electrons. The van der Waals surface area contributed by atoms with Crippen LogP contribution >= 0.6 is 0 Å². The standard InChI is InChI=1S/C21H26N4O3/c1-4-28-20(26)17-10-23-21(25-11-15-8-16(15)12-25)24-19(17)22-9-14-5-6-18(27-3)13(2)7-14/h5-7,10,15-16H,4,8-9,11-12H2,1-3H3,(H,22,23,24). The van der Waals surface area contributed by atoms with E-state index in [0.29, 0.717) is 30.5 Å². The van der Waals surface area contributed by atoms with Crippen LogP contribution in [0.1, 0.15) is 34.8 Å². The Kier molecular flexibility index (Phi) is 5.07. The minimum atomic E-state index is -0.410. The molecule has 7 nitrogen and oxygen atoms in total. The number of aromatic nitrogens is 2. The molecular formula is C21H26N4O3. The smallest absolute Gasteiger partial charge is 0.343 e. The largest absolute Gasteiger partial charge is 0.496 e. The summed E-state index contributed by atoms with van der Waals surface area (Å²) in [6.07, 6.45) is 2.89. The number of piperidine rings is 1. The van der Waals surface area contributed by atoms with Crippen LogP contribution in [0.15, 0.2) is 24.4 Å². The molecule has 4 rings (SSSR count). The van der Waals surface area contributed by atoms with Gasteiger partial charge in [0.2, 0.25) is 5.95 Å². The molecule has 1 aliphatic heterocycles. The van der Waals surface area contributed by atoms with E-state index in [-0.39, 0.29) is 0 Å². The lowest BCUT2D eigenvalue weighted by atomic mass is 10.1. The van der Waals surface area contributed by atoms with Crippen LogP contribution in [0.25, 0.3) is 0 Å². The Hall–Kier alpha value is -2.83. The first-order valence-electron chi connectivity index (χ1n) is 9.75. The van der Waals surface area contributed by atoms with Crippen LogP contribution in [0, 0.1) is 18.8 Å². The van der Waals surface area contributed by atoms with E-state index in [4.69, 9.17) is 9.47 Å². The number of anilines is 2. The molecule has 2 atom stereocenters. The van der Waals surface area contributed by atoms with Crippen LogP contribution in [0.2, 0.25) is 0 Å². The van der Waals surface area contributed by atoms with Gasteiger partial charge in [0.05, 0.1) is 13.7 Å². The van der Waals surface area contributed by atoms with Crippen molar-refractivity contribution in [3.05, 3.63) is 41.1 Å². The summed E-state index contributed by atoms with van der Waals surface area (Å²) in [5, 5.41) is 3.30. The predicted molar refractivity (Wildman–Crippen MR) is 107 cm³/mol. The average molecular weight is 382 g/mol. The second kappa shape index (κ2) is 7.66. The Balaban J connectivity index is 1.55. The predicted octanol–water partition coefficient (Wildman–Crippen LogP) is 3.04. The third kappa shape index (κ3) is 3.74. The lowest BCUT2D eigenvalue weighted by molar-refractivity contribution is 0.0526. The summed E-state index contributed by atoms with van der Waals surface area (Å²) in [5.41, 5.74) is 2.50. The zero-order valence-corrected chi connectivity index (χ0v) is 16.6. The molecule has 2 aromatic rings. The number of nitrogens with one attached hydrogen (secondary N) is 1.